The molecular formula is C47H29N3O. The van der Waals surface area contributed by atoms with Crippen LogP contribution in [0.1, 0.15) is 0 Å². The highest BCUT2D eigenvalue weighted by Crippen LogP contribution is 2.43. The van der Waals surface area contributed by atoms with E-state index in [2.05, 4.69) is 103 Å². The molecule has 4 nitrogen and oxygen atoms in total. The van der Waals surface area contributed by atoms with Crippen molar-refractivity contribution in [1.29, 1.82) is 0 Å². The van der Waals surface area contributed by atoms with Crippen molar-refractivity contribution in [2.45, 2.75) is 0 Å². The van der Waals surface area contributed by atoms with E-state index in [1.807, 2.05) is 72.8 Å². The molecule has 0 radical (unpaired) electrons. The van der Waals surface area contributed by atoms with Gasteiger partial charge in [-0.25, -0.2) is 15.0 Å². The van der Waals surface area contributed by atoms with E-state index in [4.69, 9.17) is 19.4 Å². The molecule has 0 saturated carbocycles. The number of fused-ring (bicyclic) bond motifs is 5. The van der Waals surface area contributed by atoms with Crippen LogP contribution in [0.5, 0.6) is 0 Å². The smallest absolute Gasteiger partial charge is 0.164 e. The molecule has 0 bridgehead atoms. The molecular weight excluding hydrogens is 623 g/mol. The lowest BCUT2D eigenvalue weighted by molar-refractivity contribution is 0.670. The second-order valence-corrected chi connectivity index (χ2v) is 12.8. The number of hydrogen-bond donors (Lipinski definition) is 0. The van der Waals surface area contributed by atoms with Gasteiger partial charge in [-0.15, -0.1) is 0 Å². The molecule has 51 heavy (non-hydrogen) atoms. The topological polar surface area (TPSA) is 51.8 Å². The summed E-state index contributed by atoms with van der Waals surface area (Å²) in [5.74, 6) is 1.84. The molecule has 0 saturated heterocycles. The van der Waals surface area contributed by atoms with Crippen molar-refractivity contribution in [3.63, 3.8) is 0 Å². The van der Waals surface area contributed by atoms with Crippen LogP contribution in [0.15, 0.2) is 180 Å². The number of nitrogens with zero attached hydrogens (tertiary/aromatic N) is 3. The Hall–Kier alpha value is -6.91. The lowest BCUT2D eigenvalue weighted by Gasteiger charge is -2.11. The quantitative estimate of drug-likeness (QED) is 0.186. The second-order valence-electron chi connectivity index (χ2n) is 12.8. The minimum atomic E-state index is 0.597. The van der Waals surface area contributed by atoms with Crippen LogP contribution in [0.3, 0.4) is 0 Å². The van der Waals surface area contributed by atoms with Gasteiger partial charge < -0.3 is 4.42 Å². The first-order valence-corrected chi connectivity index (χ1v) is 17.1. The average molecular weight is 652 g/mol. The highest BCUT2D eigenvalue weighted by molar-refractivity contribution is 6.16. The zero-order chi connectivity index (χ0) is 33.7. The van der Waals surface area contributed by atoms with Crippen LogP contribution in [-0.2, 0) is 0 Å². The van der Waals surface area contributed by atoms with E-state index in [-0.39, 0.29) is 0 Å². The molecule has 8 aromatic carbocycles. The Morgan fingerprint density at radius 3 is 1.53 bits per heavy atom. The minimum absolute atomic E-state index is 0.597. The monoisotopic (exact) mass is 651 g/mol. The van der Waals surface area contributed by atoms with E-state index in [1.165, 1.54) is 21.5 Å². The lowest BCUT2D eigenvalue weighted by Crippen LogP contribution is -2.00. The summed E-state index contributed by atoms with van der Waals surface area (Å²) in [6, 6.07) is 61.1. The van der Waals surface area contributed by atoms with Crippen LogP contribution < -0.4 is 0 Å². The number of rotatable bonds is 5. The van der Waals surface area contributed by atoms with Crippen molar-refractivity contribution in [3.8, 4) is 56.4 Å². The molecule has 4 heteroatoms. The molecule has 0 N–H and O–H groups in total. The molecule has 238 valence electrons. The highest BCUT2D eigenvalue weighted by Gasteiger charge is 2.21. The molecule has 0 aliphatic carbocycles. The zero-order valence-corrected chi connectivity index (χ0v) is 27.5. The van der Waals surface area contributed by atoms with E-state index >= 15 is 0 Å². The molecule has 0 aliphatic rings. The third kappa shape index (κ3) is 5.13. The summed E-state index contributed by atoms with van der Waals surface area (Å²) >= 11 is 0. The summed E-state index contributed by atoms with van der Waals surface area (Å²) in [6.45, 7) is 0. The summed E-state index contributed by atoms with van der Waals surface area (Å²) in [6.07, 6.45) is 0. The van der Waals surface area contributed by atoms with Gasteiger partial charge in [0.25, 0.3) is 0 Å². The van der Waals surface area contributed by atoms with Crippen molar-refractivity contribution < 1.29 is 4.42 Å². The first-order valence-electron chi connectivity index (χ1n) is 17.1. The fourth-order valence-corrected chi connectivity index (χ4v) is 7.15. The first-order chi connectivity index (χ1) is 25.2. The van der Waals surface area contributed by atoms with E-state index in [0.29, 0.717) is 17.5 Å². The van der Waals surface area contributed by atoms with Crippen molar-refractivity contribution >= 4 is 43.5 Å². The molecule has 10 rings (SSSR count). The second kappa shape index (κ2) is 11.9. The lowest BCUT2D eigenvalue weighted by atomic mass is 9.93. The van der Waals surface area contributed by atoms with E-state index in [1.54, 1.807) is 0 Å². The van der Waals surface area contributed by atoms with Crippen LogP contribution in [0.4, 0.5) is 0 Å². The molecule has 0 atom stereocenters. The van der Waals surface area contributed by atoms with Gasteiger partial charge in [-0.3, -0.25) is 0 Å². The number of aromatic nitrogens is 3. The summed E-state index contributed by atoms with van der Waals surface area (Å²) in [5.41, 5.74) is 8.75. The Morgan fingerprint density at radius 1 is 0.333 bits per heavy atom. The van der Waals surface area contributed by atoms with E-state index in [0.717, 1.165) is 60.9 Å². The average Bonchev–Trinajstić information content (AvgIpc) is 3.59. The predicted molar refractivity (Wildman–Crippen MR) is 209 cm³/mol. The Bertz CT molecular complexity index is 2860. The van der Waals surface area contributed by atoms with Gasteiger partial charge in [0, 0.05) is 33.0 Å². The van der Waals surface area contributed by atoms with Crippen LogP contribution in [0.25, 0.3) is 99.9 Å². The van der Waals surface area contributed by atoms with Crippen molar-refractivity contribution in [2.75, 3.05) is 0 Å². The Morgan fingerprint density at radius 2 is 0.882 bits per heavy atom. The zero-order valence-electron chi connectivity index (χ0n) is 27.5. The van der Waals surface area contributed by atoms with Gasteiger partial charge in [-0.2, -0.15) is 0 Å². The van der Waals surface area contributed by atoms with E-state index in [9.17, 15) is 0 Å². The maximum absolute atomic E-state index is 6.83. The summed E-state index contributed by atoms with van der Waals surface area (Å²) in [5, 5.41) is 6.79. The van der Waals surface area contributed by atoms with Crippen molar-refractivity contribution in [2.24, 2.45) is 0 Å². The molecule has 10 aromatic rings. The summed E-state index contributed by atoms with van der Waals surface area (Å²) in [4.78, 5) is 15.1. The molecule has 0 aliphatic heterocycles. The van der Waals surface area contributed by atoms with Crippen LogP contribution >= 0.6 is 0 Å². The maximum atomic E-state index is 6.83. The van der Waals surface area contributed by atoms with Crippen molar-refractivity contribution in [1.82, 2.24) is 15.0 Å². The van der Waals surface area contributed by atoms with Crippen LogP contribution in [0, 0.1) is 0 Å². The SMILES string of the molecule is c1ccc(-c2nc(-c3ccccc3)nc(-c3cccc4oc5c(-c6ccc7ccccc7c6)cc(-c6ccc7ccccc7c6)cc5c34)n2)cc1. The fourth-order valence-electron chi connectivity index (χ4n) is 7.15. The van der Waals surface area contributed by atoms with Gasteiger partial charge in [0.15, 0.2) is 17.5 Å². The Labute approximate surface area is 294 Å². The van der Waals surface area contributed by atoms with Gasteiger partial charge in [-0.05, 0) is 68.6 Å². The minimum Gasteiger partial charge on any atom is -0.455 e. The number of furan rings is 1. The molecule has 0 fully saturated rings. The Balaban J connectivity index is 1.26. The van der Waals surface area contributed by atoms with Gasteiger partial charge in [0.2, 0.25) is 0 Å². The third-order valence-electron chi connectivity index (χ3n) is 9.68. The molecule has 2 aromatic heterocycles. The first kappa shape index (κ1) is 29.0. The Kier molecular flexibility index (Phi) is 6.78. The molecule has 0 amide bonds. The van der Waals surface area contributed by atoms with Gasteiger partial charge in [0.05, 0.1) is 0 Å². The van der Waals surface area contributed by atoms with Gasteiger partial charge in [-0.1, -0.05) is 146 Å². The molecule has 0 spiro atoms. The highest BCUT2D eigenvalue weighted by atomic mass is 16.3. The van der Waals surface area contributed by atoms with Crippen LogP contribution in [0.2, 0.25) is 0 Å². The van der Waals surface area contributed by atoms with Gasteiger partial charge >= 0.3 is 0 Å². The number of hydrogen-bond acceptors (Lipinski definition) is 4. The van der Waals surface area contributed by atoms with Crippen molar-refractivity contribution in [3.05, 3.63) is 176 Å². The predicted octanol–water partition coefficient (Wildman–Crippen LogP) is 12.4. The normalized spacial score (nSPS) is 11.5. The fraction of sp³-hybridized carbons (Fsp3) is 0. The number of benzene rings is 8. The van der Waals surface area contributed by atoms with Crippen LogP contribution in [-0.4, -0.2) is 15.0 Å². The third-order valence-corrected chi connectivity index (χ3v) is 9.68. The molecule has 0 unspecified atom stereocenters. The summed E-state index contributed by atoms with van der Waals surface area (Å²) < 4.78 is 6.83. The standard InChI is InChI=1S/C47H29N3O/c1-3-14-32(15-4-1)45-48-46(33-16-5-2-6-17-33)50-47(49-45)39-20-11-21-42-43(39)41-29-38(36-24-22-30-12-7-9-18-34(30)26-36)28-40(44(41)51-42)37-25-23-31-13-8-10-19-35(31)27-37/h1-29H. The van der Waals surface area contributed by atoms with Gasteiger partial charge in [0.1, 0.15) is 11.2 Å². The summed E-state index contributed by atoms with van der Waals surface area (Å²) in [7, 11) is 0. The van der Waals surface area contributed by atoms with E-state index < -0.39 is 0 Å². The maximum Gasteiger partial charge on any atom is 0.164 e. The largest absolute Gasteiger partial charge is 0.455 e. The molecule has 2 heterocycles.